The van der Waals surface area contributed by atoms with Gasteiger partial charge < -0.3 is 9.84 Å². The van der Waals surface area contributed by atoms with Crippen LogP contribution in [-0.4, -0.2) is 36.9 Å². The average Bonchev–Trinajstić information content (AvgIpc) is 3.23. The van der Waals surface area contributed by atoms with E-state index in [0.29, 0.717) is 25.1 Å². The molecule has 1 atom stereocenters. The Hall–Kier alpha value is -3.23. The Bertz CT molecular complexity index is 1420. The maximum atomic E-state index is 13.7. The maximum absolute atomic E-state index is 13.7. The molecule has 0 spiro atoms. The van der Waals surface area contributed by atoms with Gasteiger partial charge in [0.2, 0.25) is 15.9 Å². The van der Waals surface area contributed by atoms with E-state index < -0.39 is 15.9 Å². The highest BCUT2D eigenvalue weighted by Gasteiger charge is 2.37. The van der Waals surface area contributed by atoms with Crippen LogP contribution >= 0.6 is 0 Å². The maximum Gasteiger partial charge on any atom is 0.248 e. The molecular formula is C28H33N3O4S. The van der Waals surface area contributed by atoms with Crippen molar-refractivity contribution >= 4 is 33.8 Å². The molecule has 1 aliphatic rings. The molecule has 0 aliphatic carbocycles. The quantitative estimate of drug-likeness (QED) is 0.481. The second-order valence-electron chi connectivity index (χ2n) is 9.65. The van der Waals surface area contributed by atoms with E-state index in [9.17, 15) is 13.2 Å². The van der Waals surface area contributed by atoms with E-state index in [-0.39, 0.29) is 23.1 Å². The van der Waals surface area contributed by atoms with Gasteiger partial charge in [-0.15, -0.1) is 0 Å². The second-order valence-corrected chi connectivity index (χ2v) is 11.5. The molecule has 1 unspecified atom stereocenters. The van der Waals surface area contributed by atoms with Crippen LogP contribution in [0.5, 0.6) is 0 Å². The van der Waals surface area contributed by atoms with Crippen molar-refractivity contribution in [1.29, 1.82) is 0 Å². The van der Waals surface area contributed by atoms with E-state index in [1.807, 2.05) is 70.2 Å². The fourth-order valence-corrected chi connectivity index (χ4v) is 6.24. The molecule has 1 aliphatic heterocycles. The summed E-state index contributed by atoms with van der Waals surface area (Å²) in [5.74, 6) is -0.422. The number of rotatable bonds is 6. The number of carbonyl (C=O) groups excluding carboxylic acids is 1. The third-order valence-electron chi connectivity index (χ3n) is 6.81. The standard InChI is InChI=1S/C28H33N3O4S/c1-18-8-9-20(3)23(15-18)11-13-26-27(22(5)30-35-26)36(33,34)31-14-6-7-24(17-31)28(32)29-25-12-10-19(2)21(4)16-25/h8-13,15-16,24H,6-7,14,17H2,1-5H3,(H,29,32)/b13-11+. The van der Waals surface area contributed by atoms with Crippen LogP contribution in [0.15, 0.2) is 45.8 Å². The first-order chi connectivity index (χ1) is 17.1. The highest BCUT2D eigenvalue weighted by molar-refractivity contribution is 7.89. The number of aryl methyl sites for hydroxylation is 5. The molecule has 1 fully saturated rings. The summed E-state index contributed by atoms with van der Waals surface area (Å²) in [6.07, 6.45) is 4.73. The largest absolute Gasteiger partial charge is 0.355 e. The van der Waals surface area contributed by atoms with Crippen molar-refractivity contribution in [2.45, 2.75) is 52.4 Å². The number of nitrogens with zero attached hydrogens (tertiary/aromatic N) is 2. The number of nitrogens with one attached hydrogen (secondary N) is 1. The summed E-state index contributed by atoms with van der Waals surface area (Å²) < 4.78 is 34.2. The molecule has 2 aromatic carbocycles. The molecule has 1 saturated heterocycles. The first-order valence-corrected chi connectivity index (χ1v) is 13.6. The highest BCUT2D eigenvalue weighted by Crippen LogP contribution is 2.30. The lowest BCUT2D eigenvalue weighted by Crippen LogP contribution is -2.43. The van der Waals surface area contributed by atoms with Gasteiger partial charge in [0.05, 0.1) is 5.92 Å². The molecular weight excluding hydrogens is 474 g/mol. The van der Waals surface area contributed by atoms with E-state index in [2.05, 4.69) is 10.5 Å². The van der Waals surface area contributed by atoms with Gasteiger partial charge in [-0.05, 0) is 87.9 Å². The van der Waals surface area contributed by atoms with Gasteiger partial charge >= 0.3 is 0 Å². The fourth-order valence-electron chi connectivity index (χ4n) is 4.47. The molecule has 0 radical (unpaired) electrons. The topological polar surface area (TPSA) is 92.5 Å². The number of aromatic nitrogens is 1. The van der Waals surface area contributed by atoms with Crippen molar-refractivity contribution < 1.29 is 17.7 Å². The second kappa shape index (κ2) is 10.4. The van der Waals surface area contributed by atoms with Crippen LogP contribution in [-0.2, 0) is 14.8 Å². The van der Waals surface area contributed by atoms with Crippen LogP contribution in [0.1, 0.15) is 52.1 Å². The Morgan fingerprint density at radius 3 is 2.53 bits per heavy atom. The van der Waals surface area contributed by atoms with Crippen molar-refractivity contribution in [3.63, 3.8) is 0 Å². The van der Waals surface area contributed by atoms with E-state index in [0.717, 1.165) is 33.5 Å². The number of hydrogen-bond acceptors (Lipinski definition) is 5. The van der Waals surface area contributed by atoms with E-state index >= 15 is 0 Å². The lowest BCUT2D eigenvalue weighted by molar-refractivity contribution is -0.120. The van der Waals surface area contributed by atoms with Crippen LogP contribution in [0.2, 0.25) is 0 Å². The first kappa shape index (κ1) is 25.9. The molecule has 3 aromatic rings. The molecule has 4 rings (SSSR count). The van der Waals surface area contributed by atoms with Crippen LogP contribution in [0.4, 0.5) is 5.69 Å². The third-order valence-corrected chi connectivity index (χ3v) is 8.83. The van der Waals surface area contributed by atoms with Crippen LogP contribution in [0.3, 0.4) is 0 Å². The van der Waals surface area contributed by atoms with Crippen molar-refractivity contribution in [2.75, 3.05) is 18.4 Å². The zero-order chi connectivity index (χ0) is 26.0. The number of benzene rings is 2. The normalized spacial score (nSPS) is 17.0. The Labute approximate surface area is 213 Å². The predicted molar refractivity (Wildman–Crippen MR) is 142 cm³/mol. The summed E-state index contributed by atoms with van der Waals surface area (Å²) in [5.41, 5.74) is 6.42. The van der Waals surface area contributed by atoms with Crippen LogP contribution in [0.25, 0.3) is 12.2 Å². The molecule has 0 bridgehead atoms. The zero-order valence-electron chi connectivity index (χ0n) is 21.5. The average molecular weight is 508 g/mol. The van der Waals surface area contributed by atoms with E-state index in [1.54, 1.807) is 13.0 Å². The molecule has 1 N–H and O–H groups in total. The van der Waals surface area contributed by atoms with Crippen molar-refractivity contribution in [2.24, 2.45) is 5.92 Å². The van der Waals surface area contributed by atoms with Gasteiger partial charge in [-0.25, -0.2) is 8.42 Å². The lowest BCUT2D eigenvalue weighted by atomic mass is 9.98. The first-order valence-electron chi connectivity index (χ1n) is 12.2. The van der Waals surface area contributed by atoms with Gasteiger partial charge in [-0.2, -0.15) is 4.31 Å². The molecule has 2 heterocycles. The summed E-state index contributed by atoms with van der Waals surface area (Å²) in [7, 11) is -3.91. The molecule has 36 heavy (non-hydrogen) atoms. The van der Waals surface area contributed by atoms with Gasteiger partial charge in [-0.1, -0.05) is 41.1 Å². The molecule has 7 nitrogen and oxygen atoms in total. The zero-order valence-corrected chi connectivity index (χ0v) is 22.3. The number of anilines is 1. The number of sulfonamides is 1. The summed E-state index contributed by atoms with van der Waals surface area (Å²) in [6.45, 7) is 10.1. The Morgan fingerprint density at radius 2 is 1.78 bits per heavy atom. The molecule has 1 amide bonds. The van der Waals surface area contributed by atoms with Gasteiger partial charge in [0, 0.05) is 18.8 Å². The van der Waals surface area contributed by atoms with Crippen molar-refractivity contribution in [1.82, 2.24) is 9.46 Å². The number of hydrogen-bond donors (Lipinski definition) is 1. The summed E-state index contributed by atoms with van der Waals surface area (Å²) in [6, 6.07) is 11.8. The van der Waals surface area contributed by atoms with E-state index in [4.69, 9.17) is 4.52 Å². The van der Waals surface area contributed by atoms with Crippen LogP contribution < -0.4 is 5.32 Å². The highest BCUT2D eigenvalue weighted by atomic mass is 32.2. The fraction of sp³-hybridized carbons (Fsp3) is 0.357. The Kier molecular flexibility index (Phi) is 7.47. The molecule has 190 valence electrons. The van der Waals surface area contributed by atoms with Crippen molar-refractivity contribution in [3.05, 3.63) is 75.7 Å². The van der Waals surface area contributed by atoms with Gasteiger partial charge in [0.15, 0.2) is 10.7 Å². The SMILES string of the molecule is Cc1ccc(C)c(/C=C/c2onc(C)c2S(=O)(=O)N2CCCC(C(=O)Nc3ccc(C)c(C)c3)C2)c1. The minimum atomic E-state index is -3.91. The molecule has 8 heteroatoms. The monoisotopic (exact) mass is 507 g/mol. The Balaban J connectivity index is 1.54. The Morgan fingerprint density at radius 1 is 1.03 bits per heavy atom. The summed E-state index contributed by atoms with van der Waals surface area (Å²) in [5, 5.41) is 6.90. The number of piperidine rings is 1. The van der Waals surface area contributed by atoms with Gasteiger partial charge in [0.1, 0.15) is 5.69 Å². The van der Waals surface area contributed by atoms with Gasteiger partial charge in [0.25, 0.3) is 0 Å². The number of amides is 1. The molecule has 1 aromatic heterocycles. The summed E-state index contributed by atoms with van der Waals surface area (Å²) in [4.78, 5) is 13.1. The number of carbonyl (C=O) groups is 1. The minimum Gasteiger partial charge on any atom is -0.355 e. The van der Waals surface area contributed by atoms with Crippen molar-refractivity contribution in [3.8, 4) is 0 Å². The lowest BCUT2D eigenvalue weighted by Gasteiger charge is -2.31. The van der Waals surface area contributed by atoms with Crippen LogP contribution in [0, 0.1) is 40.5 Å². The minimum absolute atomic E-state index is 0.0549. The van der Waals surface area contributed by atoms with Gasteiger partial charge in [-0.3, -0.25) is 4.79 Å². The predicted octanol–water partition coefficient (Wildman–Crippen LogP) is 5.43. The molecule has 0 saturated carbocycles. The smallest absolute Gasteiger partial charge is 0.248 e. The third kappa shape index (κ3) is 5.44. The summed E-state index contributed by atoms with van der Waals surface area (Å²) >= 11 is 0. The van der Waals surface area contributed by atoms with E-state index in [1.165, 1.54) is 4.31 Å².